The Morgan fingerprint density at radius 2 is 2.00 bits per heavy atom. The van der Waals surface area contributed by atoms with Crippen molar-refractivity contribution < 1.29 is 14.6 Å². The molecule has 0 saturated carbocycles. The van der Waals surface area contributed by atoms with Crippen LogP contribution >= 0.6 is 22.6 Å². The number of ether oxygens (including phenoxy) is 1. The summed E-state index contributed by atoms with van der Waals surface area (Å²) in [5, 5.41) is 19.3. The fraction of sp³-hybridized carbons (Fsp3) is 0.143. The first-order valence-electron chi connectivity index (χ1n) is 8.77. The Morgan fingerprint density at radius 3 is 2.82 bits per heavy atom. The molecule has 3 aromatic rings. The second-order valence-electron chi connectivity index (χ2n) is 5.96. The number of halogens is 1. The van der Waals surface area contributed by atoms with E-state index in [1.54, 1.807) is 12.1 Å². The van der Waals surface area contributed by atoms with Gasteiger partial charge in [-0.15, -0.1) is 0 Å². The van der Waals surface area contributed by atoms with E-state index in [1.165, 1.54) is 6.21 Å². The van der Waals surface area contributed by atoms with Gasteiger partial charge in [0.2, 0.25) is 0 Å². The molecule has 0 unspecified atom stereocenters. The number of nitrogens with zero attached hydrogens (tertiary/aromatic N) is 1. The maximum atomic E-state index is 12.1. The van der Waals surface area contributed by atoms with E-state index in [9.17, 15) is 9.90 Å². The molecule has 1 amide bonds. The second-order valence-corrected chi connectivity index (χ2v) is 7.12. The van der Waals surface area contributed by atoms with Gasteiger partial charge in [-0.2, -0.15) is 5.10 Å². The molecule has 144 valence electrons. The predicted molar refractivity (Wildman–Crippen MR) is 120 cm³/mol. The molecule has 0 aliphatic heterocycles. The van der Waals surface area contributed by atoms with Crippen molar-refractivity contribution in [3.63, 3.8) is 0 Å². The molecule has 0 atom stereocenters. The minimum Gasteiger partial charge on any atom is -0.504 e. The van der Waals surface area contributed by atoms with Crippen molar-refractivity contribution in [1.29, 1.82) is 0 Å². The van der Waals surface area contributed by atoms with Crippen LogP contribution in [0.1, 0.15) is 12.5 Å². The van der Waals surface area contributed by atoms with Crippen LogP contribution in [-0.4, -0.2) is 30.4 Å². The Morgan fingerprint density at radius 1 is 1.21 bits per heavy atom. The molecule has 28 heavy (non-hydrogen) atoms. The van der Waals surface area contributed by atoms with E-state index in [4.69, 9.17) is 4.74 Å². The maximum absolute atomic E-state index is 12.1. The molecule has 0 bridgehead atoms. The van der Waals surface area contributed by atoms with Gasteiger partial charge in [-0.25, -0.2) is 5.43 Å². The molecule has 7 heteroatoms. The average molecular weight is 489 g/mol. The number of phenols is 1. The van der Waals surface area contributed by atoms with Gasteiger partial charge < -0.3 is 15.2 Å². The molecule has 0 aliphatic rings. The Labute approximate surface area is 176 Å². The summed E-state index contributed by atoms with van der Waals surface area (Å²) in [7, 11) is 0. The molecule has 0 fully saturated rings. The van der Waals surface area contributed by atoms with E-state index >= 15 is 0 Å². The summed E-state index contributed by atoms with van der Waals surface area (Å²) < 4.78 is 6.04. The number of rotatable bonds is 7. The summed E-state index contributed by atoms with van der Waals surface area (Å²) in [5.41, 5.74) is 4.11. The van der Waals surface area contributed by atoms with E-state index in [0.29, 0.717) is 21.5 Å². The minimum atomic E-state index is -0.261. The van der Waals surface area contributed by atoms with E-state index < -0.39 is 0 Å². The van der Waals surface area contributed by atoms with Crippen LogP contribution in [0.4, 0.5) is 5.69 Å². The Hall–Kier alpha value is -2.81. The van der Waals surface area contributed by atoms with E-state index in [0.717, 1.165) is 16.5 Å². The molecule has 0 radical (unpaired) electrons. The van der Waals surface area contributed by atoms with Crippen LogP contribution in [0.15, 0.2) is 59.7 Å². The van der Waals surface area contributed by atoms with Crippen molar-refractivity contribution in [2.45, 2.75) is 6.92 Å². The summed E-state index contributed by atoms with van der Waals surface area (Å²) in [6.07, 6.45) is 1.51. The van der Waals surface area contributed by atoms with Gasteiger partial charge in [0.05, 0.1) is 22.9 Å². The first-order chi connectivity index (χ1) is 13.6. The first-order valence-corrected chi connectivity index (χ1v) is 9.85. The molecule has 0 aromatic heterocycles. The number of aromatic hydroxyl groups is 1. The lowest BCUT2D eigenvalue weighted by Crippen LogP contribution is -2.25. The number of phenolic OH excluding ortho intramolecular Hbond substituents is 1. The smallest absolute Gasteiger partial charge is 0.259 e. The van der Waals surface area contributed by atoms with Gasteiger partial charge in [0.15, 0.2) is 11.5 Å². The van der Waals surface area contributed by atoms with Crippen LogP contribution in [0.5, 0.6) is 11.5 Å². The first kappa shape index (κ1) is 19.9. The zero-order chi connectivity index (χ0) is 19.9. The van der Waals surface area contributed by atoms with E-state index in [1.807, 2.05) is 72.0 Å². The summed E-state index contributed by atoms with van der Waals surface area (Å²) in [5.74, 6) is 0.227. The number of benzene rings is 3. The van der Waals surface area contributed by atoms with E-state index in [2.05, 4.69) is 15.8 Å². The van der Waals surface area contributed by atoms with Crippen LogP contribution in [0.25, 0.3) is 10.8 Å². The quantitative estimate of drug-likeness (QED) is 0.265. The van der Waals surface area contributed by atoms with Crippen molar-refractivity contribution in [3.05, 3.63) is 63.7 Å². The lowest BCUT2D eigenvalue weighted by Gasteiger charge is -2.09. The monoisotopic (exact) mass is 489 g/mol. The van der Waals surface area contributed by atoms with E-state index in [-0.39, 0.29) is 18.2 Å². The normalized spacial score (nSPS) is 10.9. The molecule has 0 saturated heterocycles. The van der Waals surface area contributed by atoms with Gasteiger partial charge in [-0.1, -0.05) is 36.4 Å². The van der Waals surface area contributed by atoms with Crippen LogP contribution in [0.3, 0.4) is 0 Å². The van der Waals surface area contributed by atoms with Crippen LogP contribution in [-0.2, 0) is 4.79 Å². The van der Waals surface area contributed by atoms with Gasteiger partial charge in [-0.05, 0) is 58.7 Å². The lowest BCUT2D eigenvalue weighted by atomic mass is 10.1. The SMILES string of the molecule is CCOc1cc(C=NNC(=O)CNc2cccc3ccccc23)cc(I)c1O. The maximum Gasteiger partial charge on any atom is 0.259 e. The third kappa shape index (κ3) is 4.92. The van der Waals surface area contributed by atoms with Crippen LogP contribution < -0.4 is 15.5 Å². The molecular weight excluding hydrogens is 469 g/mol. The minimum absolute atomic E-state index is 0.0999. The Kier molecular flexibility index (Phi) is 6.70. The number of anilines is 1. The van der Waals surface area contributed by atoms with Gasteiger partial charge in [-0.3, -0.25) is 4.79 Å². The number of hydrazone groups is 1. The topological polar surface area (TPSA) is 83.0 Å². The number of fused-ring (bicyclic) bond motifs is 1. The highest BCUT2D eigenvalue weighted by molar-refractivity contribution is 14.1. The zero-order valence-electron chi connectivity index (χ0n) is 15.3. The fourth-order valence-corrected chi connectivity index (χ4v) is 3.33. The van der Waals surface area contributed by atoms with Crippen molar-refractivity contribution >= 4 is 51.2 Å². The van der Waals surface area contributed by atoms with Crippen molar-refractivity contribution in [2.24, 2.45) is 5.10 Å². The Balaban J connectivity index is 1.60. The second kappa shape index (κ2) is 9.41. The predicted octanol–water partition coefficient (Wildman–Crippen LogP) is 4.11. The molecule has 0 aliphatic carbocycles. The number of amides is 1. The van der Waals surface area contributed by atoms with Crippen LogP contribution in [0, 0.1) is 3.57 Å². The van der Waals surface area contributed by atoms with Gasteiger partial charge >= 0.3 is 0 Å². The fourth-order valence-electron chi connectivity index (χ4n) is 2.71. The highest BCUT2D eigenvalue weighted by Crippen LogP contribution is 2.32. The molecule has 0 spiro atoms. The molecule has 3 aromatic carbocycles. The standard InChI is InChI=1S/C21H20IN3O3/c1-2-28-19-11-14(10-17(22)21(19)27)12-24-25-20(26)13-23-18-9-5-7-15-6-3-4-8-16(15)18/h3-12,23,27H,2,13H2,1H3,(H,25,26). The largest absolute Gasteiger partial charge is 0.504 e. The highest BCUT2D eigenvalue weighted by atomic mass is 127. The molecule has 3 N–H and O–H groups in total. The number of hydrogen-bond donors (Lipinski definition) is 3. The van der Waals surface area contributed by atoms with Crippen LogP contribution in [0.2, 0.25) is 0 Å². The van der Waals surface area contributed by atoms with Crippen molar-refractivity contribution in [1.82, 2.24) is 5.43 Å². The molecule has 3 rings (SSSR count). The zero-order valence-corrected chi connectivity index (χ0v) is 17.4. The number of nitrogens with one attached hydrogen (secondary N) is 2. The third-order valence-corrected chi connectivity index (χ3v) is 4.80. The Bertz CT molecular complexity index is 1020. The average Bonchev–Trinajstić information content (AvgIpc) is 2.70. The summed E-state index contributed by atoms with van der Waals surface area (Å²) >= 11 is 2.02. The summed E-state index contributed by atoms with van der Waals surface area (Å²) in [6.45, 7) is 2.39. The number of carbonyl (C=O) groups excluding carboxylic acids is 1. The van der Waals surface area contributed by atoms with Gasteiger partial charge in [0, 0.05) is 11.1 Å². The number of carbonyl (C=O) groups is 1. The molecule has 0 heterocycles. The molecular formula is C21H20IN3O3. The summed E-state index contributed by atoms with van der Waals surface area (Å²) in [6, 6.07) is 17.3. The van der Waals surface area contributed by atoms with Crippen molar-refractivity contribution in [3.8, 4) is 11.5 Å². The molecule has 6 nitrogen and oxygen atoms in total. The van der Waals surface area contributed by atoms with Gasteiger partial charge in [0.25, 0.3) is 5.91 Å². The van der Waals surface area contributed by atoms with Gasteiger partial charge in [0.1, 0.15) is 0 Å². The van der Waals surface area contributed by atoms with Crippen molar-refractivity contribution in [2.75, 3.05) is 18.5 Å². The third-order valence-electron chi connectivity index (χ3n) is 3.98. The highest BCUT2D eigenvalue weighted by Gasteiger charge is 2.08. The summed E-state index contributed by atoms with van der Waals surface area (Å²) in [4.78, 5) is 12.1. The lowest BCUT2D eigenvalue weighted by molar-refractivity contribution is -0.119. The number of hydrogen-bond acceptors (Lipinski definition) is 5.